The molecule has 1 heterocycles. The summed E-state index contributed by atoms with van der Waals surface area (Å²) in [5.74, 6) is 0.0994. The van der Waals surface area contributed by atoms with Crippen molar-refractivity contribution in [2.45, 2.75) is 68.5 Å². The van der Waals surface area contributed by atoms with Crippen LogP contribution in [0.3, 0.4) is 0 Å². The van der Waals surface area contributed by atoms with Gasteiger partial charge in [0.05, 0.1) is 6.10 Å². The first-order chi connectivity index (χ1) is 7.65. The largest absolute Gasteiger partial charge is 0.365 e. The van der Waals surface area contributed by atoms with Crippen LogP contribution in [0.4, 0.5) is 0 Å². The molecule has 4 heteroatoms. The number of alkyl halides is 1. The van der Waals surface area contributed by atoms with E-state index in [1.807, 2.05) is 6.92 Å². The van der Waals surface area contributed by atoms with Crippen molar-refractivity contribution >= 4 is 21.8 Å². The van der Waals surface area contributed by atoms with Crippen LogP contribution in [0.1, 0.15) is 45.4 Å². The normalized spacial score (nSPS) is 39.6. The molecule has 16 heavy (non-hydrogen) atoms. The number of rotatable bonds is 2. The van der Waals surface area contributed by atoms with Gasteiger partial charge in [0.25, 0.3) is 0 Å². The molecule has 0 radical (unpaired) electrons. The van der Waals surface area contributed by atoms with Crippen LogP contribution in [-0.4, -0.2) is 29.0 Å². The van der Waals surface area contributed by atoms with Gasteiger partial charge >= 0.3 is 0 Å². The minimum atomic E-state index is -0.198. The Bertz CT molecular complexity index is 251. The van der Waals surface area contributed by atoms with Crippen molar-refractivity contribution in [2.75, 3.05) is 0 Å². The highest BCUT2D eigenvalue weighted by atomic mass is 79.9. The van der Waals surface area contributed by atoms with Crippen LogP contribution in [0, 0.1) is 0 Å². The van der Waals surface area contributed by atoms with Crippen LogP contribution in [0.25, 0.3) is 0 Å². The second-order valence-electron chi connectivity index (χ2n) is 4.97. The minimum Gasteiger partial charge on any atom is -0.365 e. The third kappa shape index (κ3) is 3.20. The van der Waals surface area contributed by atoms with E-state index < -0.39 is 0 Å². The average Bonchev–Trinajstić information content (AvgIpc) is 2.68. The van der Waals surface area contributed by atoms with Gasteiger partial charge < -0.3 is 10.1 Å². The lowest BCUT2D eigenvalue weighted by Gasteiger charge is -2.27. The molecule has 0 aromatic rings. The molecule has 2 rings (SSSR count). The number of hydrogen-bond acceptors (Lipinski definition) is 2. The molecule has 1 saturated heterocycles. The fourth-order valence-electron chi connectivity index (χ4n) is 2.49. The summed E-state index contributed by atoms with van der Waals surface area (Å²) in [5.41, 5.74) is 0. The van der Waals surface area contributed by atoms with E-state index in [0.29, 0.717) is 10.9 Å². The van der Waals surface area contributed by atoms with Crippen molar-refractivity contribution in [3.05, 3.63) is 0 Å². The molecule has 1 saturated carbocycles. The van der Waals surface area contributed by atoms with Crippen LogP contribution in [0.2, 0.25) is 0 Å². The first kappa shape index (κ1) is 12.4. The Labute approximate surface area is 105 Å². The average molecular weight is 290 g/mol. The van der Waals surface area contributed by atoms with Gasteiger partial charge in [-0.2, -0.15) is 0 Å². The lowest BCUT2D eigenvalue weighted by Crippen LogP contribution is -2.43. The smallest absolute Gasteiger partial charge is 0.249 e. The zero-order valence-corrected chi connectivity index (χ0v) is 11.3. The summed E-state index contributed by atoms with van der Waals surface area (Å²) in [7, 11) is 0. The van der Waals surface area contributed by atoms with E-state index >= 15 is 0 Å². The van der Waals surface area contributed by atoms with Crippen molar-refractivity contribution in [3.63, 3.8) is 0 Å². The van der Waals surface area contributed by atoms with E-state index in [1.165, 1.54) is 0 Å². The van der Waals surface area contributed by atoms with Gasteiger partial charge in [0, 0.05) is 10.9 Å². The van der Waals surface area contributed by atoms with E-state index in [9.17, 15) is 4.79 Å². The summed E-state index contributed by atoms with van der Waals surface area (Å²) in [6.07, 6.45) is 6.42. The monoisotopic (exact) mass is 289 g/mol. The van der Waals surface area contributed by atoms with Gasteiger partial charge in [-0.05, 0) is 45.4 Å². The summed E-state index contributed by atoms with van der Waals surface area (Å²) >= 11 is 3.62. The number of carbonyl (C=O) groups is 1. The first-order valence-corrected chi connectivity index (χ1v) is 7.16. The molecule has 0 aromatic heterocycles. The van der Waals surface area contributed by atoms with Crippen LogP contribution in [-0.2, 0) is 9.53 Å². The van der Waals surface area contributed by atoms with Gasteiger partial charge in [-0.25, -0.2) is 0 Å². The first-order valence-electron chi connectivity index (χ1n) is 6.25. The Hall–Kier alpha value is -0.0900. The highest BCUT2D eigenvalue weighted by molar-refractivity contribution is 9.09. The zero-order chi connectivity index (χ0) is 11.5. The van der Waals surface area contributed by atoms with Crippen LogP contribution in [0.5, 0.6) is 0 Å². The predicted octanol–water partition coefficient (Wildman–Crippen LogP) is 2.38. The number of hydrogen-bond donors (Lipinski definition) is 1. The van der Waals surface area contributed by atoms with Gasteiger partial charge in [-0.3, -0.25) is 4.79 Å². The SMILES string of the molecule is CC1CCC(C(=O)NC2CCC(Br)CC2)O1. The molecule has 92 valence electrons. The number of nitrogens with one attached hydrogen (secondary N) is 1. The number of amides is 1. The third-order valence-electron chi connectivity index (χ3n) is 3.53. The zero-order valence-electron chi connectivity index (χ0n) is 9.75. The molecule has 0 aromatic carbocycles. The Kier molecular flexibility index (Phi) is 4.25. The number of halogens is 1. The molecule has 0 bridgehead atoms. The molecular formula is C12H20BrNO2. The molecular weight excluding hydrogens is 270 g/mol. The fourth-order valence-corrected chi connectivity index (χ4v) is 3.02. The Morgan fingerprint density at radius 1 is 1.19 bits per heavy atom. The number of ether oxygens (including phenoxy) is 1. The molecule has 2 fully saturated rings. The van der Waals surface area contributed by atoms with Crippen molar-refractivity contribution < 1.29 is 9.53 Å². The summed E-state index contributed by atoms with van der Waals surface area (Å²) in [6, 6.07) is 0.362. The van der Waals surface area contributed by atoms with Gasteiger partial charge in [0.2, 0.25) is 5.91 Å². The van der Waals surface area contributed by atoms with E-state index in [0.717, 1.165) is 38.5 Å². The highest BCUT2D eigenvalue weighted by Crippen LogP contribution is 2.25. The van der Waals surface area contributed by atoms with Crippen LogP contribution < -0.4 is 5.32 Å². The Morgan fingerprint density at radius 2 is 1.88 bits per heavy atom. The molecule has 2 aliphatic rings. The fraction of sp³-hybridized carbons (Fsp3) is 0.917. The minimum absolute atomic E-state index is 0.0994. The lowest BCUT2D eigenvalue weighted by atomic mass is 9.95. The quantitative estimate of drug-likeness (QED) is 0.793. The topological polar surface area (TPSA) is 38.3 Å². The predicted molar refractivity (Wildman–Crippen MR) is 66.7 cm³/mol. The van der Waals surface area contributed by atoms with Crippen LogP contribution in [0.15, 0.2) is 0 Å². The van der Waals surface area contributed by atoms with Crippen molar-refractivity contribution in [1.29, 1.82) is 0 Å². The second kappa shape index (κ2) is 5.50. The standard InChI is InChI=1S/C12H20BrNO2/c1-8-2-7-11(16-8)12(15)14-10-5-3-9(13)4-6-10/h8-11H,2-7H2,1H3,(H,14,15). The van der Waals surface area contributed by atoms with E-state index in [4.69, 9.17) is 4.74 Å². The maximum atomic E-state index is 11.9. The molecule has 2 atom stereocenters. The van der Waals surface area contributed by atoms with Gasteiger partial charge in [0.15, 0.2) is 0 Å². The summed E-state index contributed by atoms with van der Waals surface area (Å²) in [4.78, 5) is 12.5. The lowest BCUT2D eigenvalue weighted by molar-refractivity contribution is -0.132. The highest BCUT2D eigenvalue weighted by Gasteiger charge is 2.30. The van der Waals surface area contributed by atoms with Gasteiger partial charge in [0.1, 0.15) is 6.10 Å². The molecule has 1 aliphatic carbocycles. The van der Waals surface area contributed by atoms with Crippen molar-refractivity contribution in [2.24, 2.45) is 0 Å². The van der Waals surface area contributed by atoms with Crippen molar-refractivity contribution in [3.8, 4) is 0 Å². The number of carbonyl (C=O) groups excluding carboxylic acids is 1. The van der Waals surface area contributed by atoms with E-state index in [1.54, 1.807) is 0 Å². The molecule has 1 aliphatic heterocycles. The summed E-state index contributed by atoms with van der Waals surface area (Å²) in [5, 5.41) is 3.12. The van der Waals surface area contributed by atoms with E-state index in [-0.39, 0.29) is 18.1 Å². The van der Waals surface area contributed by atoms with Crippen LogP contribution >= 0.6 is 15.9 Å². The Morgan fingerprint density at radius 3 is 2.44 bits per heavy atom. The van der Waals surface area contributed by atoms with Gasteiger partial charge in [-0.1, -0.05) is 15.9 Å². The maximum absolute atomic E-state index is 11.9. The molecule has 0 spiro atoms. The molecule has 2 unspecified atom stereocenters. The third-order valence-corrected chi connectivity index (χ3v) is 4.44. The second-order valence-corrected chi connectivity index (χ2v) is 6.27. The summed E-state index contributed by atoms with van der Waals surface area (Å²) < 4.78 is 5.56. The maximum Gasteiger partial charge on any atom is 0.249 e. The molecule has 1 N–H and O–H groups in total. The van der Waals surface area contributed by atoms with E-state index in [2.05, 4.69) is 21.2 Å². The summed E-state index contributed by atoms with van der Waals surface area (Å²) in [6.45, 7) is 2.03. The van der Waals surface area contributed by atoms with Gasteiger partial charge in [-0.15, -0.1) is 0 Å². The molecule has 1 amide bonds. The molecule has 3 nitrogen and oxygen atoms in total. The van der Waals surface area contributed by atoms with Crippen molar-refractivity contribution in [1.82, 2.24) is 5.32 Å². The Balaban J connectivity index is 1.75.